The lowest BCUT2D eigenvalue weighted by Crippen LogP contribution is -2.23. The van der Waals surface area contributed by atoms with E-state index in [-0.39, 0.29) is 5.91 Å². The summed E-state index contributed by atoms with van der Waals surface area (Å²) in [5.41, 5.74) is 2.82. The number of rotatable bonds is 5. The molecule has 0 spiro atoms. The lowest BCUT2D eigenvalue weighted by molar-refractivity contribution is 0.0364. The van der Waals surface area contributed by atoms with Crippen molar-refractivity contribution in [2.45, 2.75) is 25.8 Å². The standard InChI is InChI=1S/C11H15N3O2/c1-2-16-14-11(15)8-3-6-10(12-7-8)13-9-4-5-9/h3,6-7,9H,2,4-5H2,1H3,(H,12,13)(H,14,15). The highest BCUT2D eigenvalue weighted by Crippen LogP contribution is 2.23. The fourth-order valence-electron chi connectivity index (χ4n) is 1.25. The molecule has 1 saturated carbocycles. The van der Waals surface area contributed by atoms with Gasteiger partial charge in [-0.2, -0.15) is 0 Å². The average molecular weight is 221 g/mol. The maximum atomic E-state index is 11.5. The Hall–Kier alpha value is -1.62. The SMILES string of the molecule is CCONC(=O)c1ccc(NC2CC2)nc1. The Morgan fingerprint density at radius 1 is 1.56 bits per heavy atom. The van der Waals surface area contributed by atoms with Crippen LogP contribution in [-0.2, 0) is 4.84 Å². The van der Waals surface area contributed by atoms with Crippen LogP contribution in [0.25, 0.3) is 0 Å². The van der Waals surface area contributed by atoms with Gasteiger partial charge in [0, 0.05) is 12.2 Å². The Bertz CT molecular complexity index is 360. The van der Waals surface area contributed by atoms with E-state index in [0.717, 1.165) is 5.82 Å². The number of carbonyl (C=O) groups excluding carboxylic acids is 1. The van der Waals surface area contributed by atoms with Gasteiger partial charge >= 0.3 is 0 Å². The molecule has 1 aromatic rings. The maximum Gasteiger partial charge on any atom is 0.276 e. The highest BCUT2D eigenvalue weighted by atomic mass is 16.6. The summed E-state index contributed by atoms with van der Waals surface area (Å²) >= 11 is 0. The predicted molar refractivity (Wildman–Crippen MR) is 60.0 cm³/mol. The van der Waals surface area contributed by atoms with Gasteiger partial charge in [0.2, 0.25) is 0 Å². The molecule has 1 aliphatic carbocycles. The summed E-state index contributed by atoms with van der Waals surface area (Å²) in [7, 11) is 0. The number of hydrogen-bond acceptors (Lipinski definition) is 4. The summed E-state index contributed by atoms with van der Waals surface area (Å²) in [5, 5.41) is 3.25. The zero-order valence-electron chi connectivity index (χ0n) is 9.19. The average Bonchev–Trinajstić information content (AvgIpc) is 3.11. The first-order valence-electron chi connectivity index (χ1n) is 5.44. The van der Waals surface area contributed by atoms with E-state index in [2.05, 4.69) is 15.8 Å². The van der Waals surface area contributed by atoms with E-state index in [1.165, 1.54) is 12.8 Å². The van der Waals surface area contributed by atoms with Crippen molar-refractivity contribution in [1.29, 1.82) is 0 Å². The summed E-state index contributed by atoms with van der Waals surface area (Å²) in [6.45, 7) is 2.25. The Labute approximate surface area is 94.2 Å². The Balaban J connectivity index is 1.92. The number of carbonyl (C=O) groups is 1. The number of anilines is 1. The lowest BCUT2D eigenvalue weighted by Gasteiger charge is -2.05. The first-order chi connectivity index (χ1) is 7.79. The second-order valence-corrected chi connectivity index (χ2v) is 3.71. The molecule has 0 aromatic carbocycles. The molecule has 0 unspecified atom stereocenters. The number of nitrogens with one attached hydrogen (secondary N) is 2. The predicted octanol–water partition coefficient (Wildman–Crippen LogP) is 1.34. The van der Waals surface area contributed by atoms with E-state index in [1.54, 1.807) is 25.3 Å². The minimum Gasteiger partial charge on any atom is -0.367 e. The monoisotopic (exact) mass is 221 g/mol. The van der Waals surface area contributed by atoms with Gasteiger partial charge in [-0.15, -0.1) is 0 Å². The number of amides is 1. The highest BCUT2D eigenvalue weighted by Gasteiger charge is 2.21. The number of hydroxylamine groups is 1. The molecule has 1 heterocycles. The molecule has 16 heavy (non-hydrogen) atoms. The molecular weight excluding hydrogens is 206 g/mol. The van der Waals surface area contributed by atoms with E-state index in [0.29, 0.717) is 18.2 Å². The van der Waals surface area contributed by atoms with Crippen molar-refractivity contribution in [2.24, 2.45) is 0 Å². The van der Waals surface area contributed by atoms with E-state index in [1.807, 2.05) is 0 Å². The summed E-state index contributed by atoms with van der Waals surface area (Å²) in [6, 6.07) is 4.10. The fourth-order valence-corrected chi connectivity index (χ4v) is 1.25. The number of hydrogen-bond donors (Lipinski definition) is 2. The largest absolute Gasteiger partial charge is 0.367 e. The van der Waals surface area contributed by atoms with Crippen molar-refractivity contribution in [3.05, 3.63) is 23.9 Å². The van der Waals surface area contributed by atoms with Crippen LogP contribution < -0.4 is 10.8 Å². The van der Waals surface area contributed by atoms with Crippen molar-refractivity contribution in [2.75, 3.05) is 11.9 Å². The normalized spacial score (nSPS) is 14.6. The van der Waals surface area contributed by atoms with E-state index >= 15 is 0 Å². The molecule has 1 fully saturated rings. The van der Waals surface area contributed by atoms with Crippen molar-refractivity contribution in [3.8, 4) is 0 Å². The van der Waals surface area contributed by atoms with Crippen LogP contribution in [0.3, 0.4) is 0 Å². The third kappa shape index (κ3) is 2.93. The van der Waals surface area contributed by atoms with Crippen LogP contribution in [0.1, 0.15) is 30.1 Å². The molecule has 5 nitrogen and oxygen atoms in total. The second kappa shape index (κ2) is 4.94. The van der Waals surface area contributed by atoms with Crippen molar-refractivity contribution in [3.63, 3.8) is 0 Å². The first-order valence-corrected chi connectivity index (χ1v) is 5.44. The van der Waals surface area contributed by atoms with Gasteiger partial charge in [-0.3, -0.25) is 9.63 Å². The van der Waals surface area contributed by atoms with Gasteiger partial charge in [-0.05, 0) is 31.9 Å². The van der Waals surface area contributed by atoms with Crippen LogP contribution in [0, 0.1) is 0 Å². The van der Waals surface area contributed by atoms with E-state index < -0.39 is 0 Å². The molecule has 2 rings (SSSR count). The minimum absolute atomic E-state index is 0.271. The van der Waals surface area contributed by atoms with Gasteiger partial charge in [0.05, 0.1) is 12.2 Å². The molecule has 0 radical (unpaired) electrons. The Kier molecular flexibility index (Phi) is 3.36. The topological polar surface area (TPSA) is 63.2 Å². The summed E-state index contributed by atoms with van der Waals surface area (Å²) < 4.78 is 0. The highest BCUT2D eigenvalue weighted by molar-refractivity contribution is 5.93. The third-order valence-corrected chi connectivity index (χ3v) is 2.26. The molecule has 1 amide bonds. The van der Waals surface area contributed by atoms with Gasteiger partial charge in [0.25, 0.3) is 5.91 Å². The Morgan fingerprint density at radius 2 is 2.38 bits per heavy atom. The minimum atomic E-state index is -0.271. The fraction of sp³-hybridized carbons (Fsp3) is 0.455. The lowest BCUT2D eigenvalue weighted by atomic mass is 10.3. The Morgan fingerprint density at radius 3 is 2.94 bits per heavy atom. The van der Waals surface area contributed by atoms with Crippen molar-refractivity contribution in [1.82, 2.24) is 10.5 Å². The zero-order valence-corrected chi connectivity index (χ0v) is 9.19. The van der Waals surface area contributed by atoms with Gasteiger partial charge in [0.15, 0.2) is 0 Å². The van der Waals surface area contributed by atoms with Crippen molar-refractivity contribution < 1.29 is 9.63 Å². The van der Waals surface area contributed by atoms with Crippen molar-refractivity contribution >= 4 is 11.7 Å². The third-order valence-electron chi connectivity index (χ3n) is 2.26. The molecule has 0 aliphatic heterocycles. The van der Waals surface area contributed by atoms with Gasteiger partial charge in [-0.1, -0.05) is 0 Å². The van der Waals surface area contributed by atoms with Gasteiger partial charge < -0.3 is 5.32 Å². The number of aromatic nitrogens is 1. The molecular formula is C11H15N3O2. The van der Waals surface area contributed by atoms with E-state index in [4.69, 9.17) is 4.84 Å². The summed E-state index contributed by atoms with van der Waals surface area (Å²) in [4.78, 5) is 20.4. The number of pyridine rings is 1. The quantitative estimate of drug-likeness (QED) is 0.736. The molecule has 5 heteroatoms. The molecule has 2 N–H and O–H groups in total. The van der Waals surface area contributed by atoms with Gasteiger partial charge in [-0.25, -0.2) is 10.5 Å². The van der Waals surface area contributed by atoms with Crippen LogP contribution in [0.5, 0.6) is 0 Å². The van der Waals surface area contributed by atoms with Crippen LogP contribution in [0.15, 0.2) is 18.3 Å². The molecule has 0 bridgehead atoms. The molecule has 1 aromatic heterocycles. The summed E-state index contributed by atoms with van der Waals surface area (Å²) in [6.07, 6.45) is 3.95. The maximum absolute atomic E-state index is 11.5. The zero-order chi connectivity index (χ0) is 11.4. The molecule has 0 atom stereocenters. The first kappa shape index (κ1) is 10.9. The molecule has 1 aliphatic rings. The smallest absolute Gasteiger partial charge is 0.276 e. The van der Waals surface area contributed by atoms with Crippen LogP contribution in [0.2, 0.25) is 0 Å². The van der Waals surface area contributed by atoms with Gasteiger partial charge in [0.1, 0.15) is 5.82 Å². The van der Waals surface area contributed by atoms with Crippen LogP contribution in [0.4, 0.5) is 5.82 Å². The summed E-state index contributed by atoms with van der Waals surface area (Å²) in [5.74, 6) is 0.544. The van der Waals surface area contributed by atoms with Crippen LogP contribution >= 0.6 is 0 Å². The second-order valence-electron chi connectivity index (χ2n) is 3.71. The molecule has 86 valence electrons. The van der Waals surface area contributed by atoms with Crippen LogP contribution in [-0.4, -0.2) is 23.5 Å². The van der Waals surface area contributed by atoms with E-state index in [9.17, 15) is 4.79 Å². The molecule has 0 saturated heterocycles. The number of nitrogens with zero attached hydrogens (tertiary/aromatic N) is 1.